The van der Waals surface area contributed by atoms with E-state index in [9.17, 15) is 4.79 Å². The number of amides is 1. The molecule has 0 saturated carbocycles. The standard InChI is InChI=1S/C14H18N2O2/c1-10-5-7-16(8-6-10)14(17)12-9-11(18-2)3-4-13(12)15/h3-5,9H,6-8,15H2,1-2H3. The molecule has 1 heterocycles. The number of rotatable bonds is 2. The number of carbonyl (C=O) groups is 1. The highest BCUT2D eigenvalue weighted by Gasteiger charge is 2.20. The van der Waals surface area contributed by atoms with Gasteiger partial charge in [-0.05, 0) is 31.5 Å². The largest absolute Gasteiger partial charge is 0.497 e. The molecule has 1 aliphatic rings. The minimum Gasteiger partial charge on any atom is -0.497 e. The van der Waals surface area contributed by atoms with Crippen molar-refractivity contribution in [3.8, 4) is 5.75 Å². The lowest BCUT2D eigenvalue weighted by molar-refractivity contribution is 0.0769. The zero-order valence-electron chi connectivity index (χ0n) is 10.8. The lowest BCUT2D eigenvalue weighted by atomic mass is 10.1. The van der Waals surface area contributed by atoms with E-state index in [0.29, 0.717) is 23.5 Å². The highest BCUT2D eigenvalue weighted by molar-refractivity contribution is 5.99. The van der Waals surface area contributed by atoms with Gasteiger partial charge in [-0.25, -0.2) is 0 Å². The van der Waals surface area contributed by atoms with Gasteiger partial charge in [0.25, 0.3) is 5.91 Å². The van der Waals surface area contributed by atoms with Crippen LogP contribution >= 0.6 is 0 Å². The van der Waals surface area contributed by atoms with Crippen molar-refractivity contribution in [3.05, 3.63) is 35.4 Å². The normalized spacial score (nSPS) is 15.2. The molecule has 1 aromatic rings. The number of benzene rings is 1. The van der Waals surface area contributed by atoms with Crippen LogP contribution in [0.1, 0.15) is 23.7 Å². The van der Waals surface area contributed by atoms with Crippen LogP contribution in [0, 0.1) is 0 Å². The van der Waals surface area contributed by atoms with Crippen LogP contribution in [0.25, 0.3) is 0 Å². The lowest BCUT2D eigenvalue weighted by Crippen LogP contribution is -2.35. The smallest absolute Gasteiger partial charge is 0.256 e. The van der Waals surface area contributed by atoms with E-state index in [1.54, 1.807) is 30.2 Å². The summed E-state index contributed by atoms with van der Waals surface area (Å²) in [6.07, 6.45) is 3.01. The maximum Gasteiger partial charge on any atom is 0.256 e. The second kappa shape index (κ2) is 5.12. The Kier molecular flexibility index (Phi) is 3.55. The first-order valence-electron chi connectivity index (χ1n) is 6.00. The molecule has 18 heavy (non-hydrogen) atoms. The predicted octanol–water partition coefficient (Wildman–Crippen LogP) is 2.07. The molecule has 2 rings (SSSR count). The Bertz CT molecular complexity index is 495. The fourth-order valence-electron chi connectivity index (χ4n) is 1.97. The zero-order chi connectivity index (χ0) is 13.1. The number of nitrogens with two attached hydrogens (primary N) is 1. The highest BCUT2D eigenvalue weighted by atomic mass is 16.5. The quantitative estimate of drug-likeness (QED) is 0.642. The van der Waals surface area contributed by atoms with Crippen LogP contribution in [0.3, 0.4) is 0 Å². The van der Waals surface area contributed by atoms with Crippen LogP contribution in [0.2, 0.25) is 0 Å². The second-order valence-electron chi connectivity index (χ2n) is 4.50. The molecule has 2 N–H and O–H groups in total. The van der Waals surface area contributed by atoms with Crippen molar-refractivity contribution >= 4 is 11.6 Å². The molecular formula is C14H18N2O2. The number of ether oxygens (including phenoxy) is 1. The molecule has 0 aromatic heterocycles. The average Bonchev–Trinajstić information content (AvgIpc) is 2.39. The SMILES string of the molecule is COc1ccc(N)c(C(=O)N2CC=C(C)CC2)c1. The fraction of sp³-hybridized carbons (Fsp3) is 0.357. The topological polar surface area (TPSA) is 55.6 Å². The molecule has 0 radical (unpaired) electrons. The van der Waals surface area contributed by atoms with Crippen LogP contribution in [-0.4, -0.2) is 31.0 Å². The molecule has 4 heteroatoms. The summed E-state index contributed by atoms with van der Waals surface area (Å²) in [5.74, 6) is 0.617. The van der Waals surface area contributed by atoms with E-state index in [4.69, 9.17) is 10.5 Å². The molecule has 0 spiro atoms. The number of nitrogen functional groups attached to an aromatic ring is 1. The van der Waals surface area contributed by atoms with Crippen molar-refractivity contribution < 1.29 is 9.53 Å². The van der Waals surface area contributed by atoms with Gasteiger partial charge in [-0.2, -0.15) is 0 Å². The van der Waals surface area contributed by atoms with Crippen molar-refractivity contribution in [2.75, 3.05) is 25.9 Å². The van der Waals surface area contributed by atoms with Crippen LogP contribution < -0.4 is 10.5 Å². The Labute approximate surface area is 107 Å². The molecular weight excluding hydrogens is 228 g/mol. The van der Waals surface area contributed by atoms with E-state index in [1.807, 2.05) is 0 Å². The van der Waals surface area contributed by atoms with Crippen molar-refractivity contribution in [2.45, 2.75) is 13.3 Å². The molecule has 0 bridgehead atoms. The first-order valence-corrected chi connectivity index (χ1v) is 6.00. The molecule has 0 fully saturated rings. The summed E-state index contributed by atoms with van der Waals surface area (Å²) in [7, 11) is 1.58. The van der Waals surface area contributed by atoms with Crippen LogP contribution in [0.4, 0.5) is 5.69 Å². The van der Waals surface area contributed by atoms with E-state index >= 15 is 0 Å². The van der Waals surface area contributed by atoms with Gasteiger partial charge in [-0.3, -0.25) is 4.79 Å². The summed E-state index contributed by atoms with van der Waals surface area (Å²) in [5.41, 5.74) is 8.20. The average molecular weight is 246 g/mol. The molecule has 1 aromatic carbocycles. The van der Waals surface area contributed by atoms with E-state index in [1.165, 1.54) is 5.57 Å². The molecule has 0 aliphatic carbocycles. The van der Waals surface area contributed by atoms with Gasteiger partial charge in [-0.1, -0.05) is 11.6 Å². The molecule has 96 valence electrons. The summed E-state index contributed by atoms with van der Waals surface area (Å²) < 4.78 is 5.13. The Morgan fingerprint density at radius 1 is 1.44 bits per heavy atom. The minimum atomic E-state index is -0.0323. The summed E-state index contributed by atoms with van der Waals surface area (Å²) in [6, 6.07) is 5.16. The van der Waals surface area contributed by atoms with E-state index in [0.717, 1.165) is 13.0 Å². The zero-order valence-corrected chi connectivity index (χ0v) is 10.8. The van der Waals surface area contributed by atoms with Crippen molar-refractivity contribution in [1.82, 2.24) is 4.90 Å². The maximum atomic E-state index is 12.4. The second-order valence-corrected chi connectivity index (χ2v) is 4.50. The van der Waals surface area contributed by atoms with E-state index < -0.39 is 0 Å². The van der Waals surface area contributed by atoms with Crippen molar-refractivity contribution in [3.63, 3.8) is 0 Å². The Balaban J connectivity index is 2.23. The number of hydrogen-bond donors (Lipinski definition) is 1. The Morgan fingerprint density at radius 2 is 2.22 bits per heavy atom. The first-order chi connectivity index (χ1) is 8.61. The summed E-state index contributed by atoms with van der Waals surface area (Å²) in [6.45, 7) is 3.49. The maximum absolute atomic E-state index is 12.4. The van der Waals surface area contributed by atoms with Gasteiger partial charge in [-0.15, -0.1) is 0 Å². The number of anilines is 1. The third-order valence-corrected chi connectivity index (χ3v) is 3.21. The molecule has 1 amide bonds. The highest BCUT2D eigenvalue weighted by Crippen LogP contribution is 2.22. The van der Waals surface area contributed by atoms with Gasteiger partial charge in [0.05, 0.1) is 12.7 Å². The molecule has 1 aliphatic heterocycles. The monoisotopic (exact) mass is 246 g/mol. The third-order valence-electron chi connectivity index (χ3n) is 3.21. The van der Waals surface area contributed by atoms with Crippen molar-refractivity contribution in [1.29, 1.82) is 0 Å². The van der Waals surface area contributed by atoms with Gasteiger partial charge in [0.2, 0.25) is 0 Å². The summed E-state index contributed by atoms with van der Waals surface area (Å²) in [5, 5.41) is 0. The number of hydrogen-bond acceptors (Lipinski definition) is 3. The fourth-order valence-corrected chi connectivity index (χ4v) is 1.97. The summed E-state index contributed by atoms with van der Waals surface area (Å²) in [4.78, 5) is 14.2. The van der Waals surface area contributed by atoms with Crippen molar-refractivity contribution in [2.24, 2.45) is 0 Å². The molecule has 0 atom stereocenters. The first kappa shape index (κ1) is 12.5. The van der Waals surface area contributed by atoms with Gasteiger partial charge < -0.3 is 15.4 Å². The molecule has 0 unspecified atom stereocenters. The third kappa shape index (κ3) is 2.47. The lowest BCUT2D eigenvalue weighted by Gasteiger charge is -2.26. The van der Waals surface area contributed by atoms with Crippen LogP contribution in [-0.2, 0) is 0 Å². The van der Waals surface area contributed by atoms with Gasteiger partial charge in [0.1, 0.15) is 5.75 Å². The Hall–Kier alpha value is -1.97. The summed E-state index contributed by atoms with van der Waals surface area (Å²) >= 11 is 0. The van der Waals surface area contributed by atoms with Gasteiger partial charge >= 0.3 is 0 Å². The molecule has 0 saturated heterocycles. The predicted molar refractivity (Wildman–Crippen MR) is 71.7 cm³/mol. The molecule has 4 nitrogen and oxygen atoms in total. The van der Waals surface area contributed by atoms with Crippen LogP contribution in [0.15, 0.2) is 29.8 Å². The Morgan fingerprint density at radius 3 is 2.83 bits per heavy atom. The van der Waals surface area contributed by atoms with Gasteiger partial charge in [0.15, 0.2) is 0 Å². The minimum absolute atomic E-state index is 0.0323. The number of methoxy groups -OCH3 is 1. The van der Waals surface area contributed by atoms with Crippen LogP contribution in [0.5, 0.6) is 5.75 Å². The van der Waals surface area contributed by atoms with Gasteiger partial charge in [0, 0.05) is 18.8 Å². The van der Waals surface area contributed by atoms with E-state index in [2.05, 4.69) is 13.0 Å². The van der Waals surface area contributed by atoms with E-state index in [-0.39, 0.29) is 5.91 Å². The number of carbonyl (C=O) groups excluding carboxylic acids is 1. The number of nitrogens with zero attached hydrogens (tertiary/aromatic N) is 1.